The molecule has 0 radical (unpaired) electrons. The summed E-state index contributed by atoms with van der Waals surface area (Å²) in [5.74, 6) is 1.71. The topological polar surface area (TPSA) is 63.0 Å². The Balaban J connectivity index is 1.74. The number of hydrogen-bond acceptors (Lipinski definition) is 6. The van der Waals surface area contributed by atoms with Crippen LogP contribution in [0.3, 0.4) is 0 Å². The van der Waals surface area contributed by atoms with Crippen LogP contribution in [-0.2, 0) is 6.54 Å². The fraction of sp³-hybridized carbons (Fsp3) is 0.538. The summed E-state index contributed by atoms with van der Waals surface area (Å²) < 4.78 is 1.84. The van der Waals surface area contributed by atoms with E-state index in [9.17, 15) is 0 Å². The average molecular weight is 273 g/mol. The lowest BCUT2D eigenvalue weighted by Gasteiger charge is -2.32. The van der Waals surface area contributed by atoms with Gasteiger partial charge in [-0.2, -0.15) is 5.10 Å². The highest BCUT2D eigenvalue weighted by molar-refractivity contribution is 5.31. The number of piperazine rings is 1. The van der Waals surface area contributed by atoms with E-state index >= 15 is 0 Å². The lowest BCUT2D eigenvalue weighted by atomic mass is 10.3. The summed E-state index contributed by atoms with van der Waals surface area (Å²) in [6, 6.07) is 1.93. The Bertz CT molecular complexity index is 572. The largest absolute Gasteiger partial charge is 0.338 e. The predicted molar refractivity (Wildman–Crippen MR) is 75.6 cm³/mol. The minimum atomic E-state index is 0.634. The first-order valence-electron chi connectivity index (χ1n) is 6.82. The molecule has 0 aromatic carbocycles. The molecule has 0 aliphatic carbocycles. The van der Waals surface area contributed by atoms with Crippen molar-refractivity contribution in [2.45, 2.75) is 13.5 Å². The van der Waals surface area contributed by atoms with Crippen molar-refractivity contribution >= 4 is 5.95 Å². The quantitative estimate of drug-likeness (QED) is 0.795. The highest BCUT2D eigenvalue weighted by Crippen LogP contribution is 2.11. The van der Waals surface area contributed by atoms with Crippen LogP contribution in [0, 0.1) is 6.92 Å². The van der Waals surface area contributed by atoms with Crippen LogP contribution in [0.25, 0.3) is 0 Å². The number of anilines is 1. The van der Waals surface area contributed by atoms with Crippen LogP contribution in [0.1, 0.15) is 11.5 Å². The molecule has 0 N–H and O–H groups in total. The van der Waals surface area contributed by atoms with Crippen molar-refractivity contribution in [1.82, 2.24) is 29.6 Å². The van der Waals surface area contributed by atoms with E-state index in [0.717, 1.165) is 43.6 Å². The van der Waals surface area contributed by atoms with E-state index in [2.05, 4.69) is 36.9 Å². The van der Waals surface area contributed by atoms with Gasteiger partial charge in [-0.3, -0.25) is 0 Å². The zero-order chi connectivity index (χ0) is 13.9. The standard InChI is InChI=1S/C13H19N7/c1-11-15-10-16-20(11)9-12-3-4-14-13(17-12)19-7-5-18(2)6-8-19/h3-4,10H,5-9H2,1-2H3. The number of rotatable bonds is 3. The van der Waals surface area contributed by atoms with E-state index in [0.29, 0.717) is 6.54 Å². The summed E-state index contributed by atoms with van der Waals surface area (Å²) in [5, 5.41) is 4.19. The maximum Gasteiger partial charge on any atom is 0.225 e. The molecule has 1 saturated heterocycles. The molecule has 0 bridgehead atoms. The normalized spacial score (nSPS) is 16.6. The molecule has 3 rings (SSSR count). The van der Waals surface area contributed by atoms with Gasteiger partial charge in [0, 0.05) is 32.4 Å². The number of likely N-dealkylation sites (N-methyl/N-ethyl adjacent to an activating group) is 1. The molecule has 0 unspecified atom stereocenters. The monoisotopic (exact) mass is 273 g/mol. The number of nitrogens with zero attached hydrogens (tertiary/aromatic N) is 7. The Morgan fingerprint density at radius 3 is 2.65 bits per heavy atom. The van der Waals surface area contributed by atoms with Crippen molar-refractivity contribution in [2.75, 3.05) is 38.1 Å². The smallest absolute Gasteiger partial charge is 0.225 e. The molecular weight excluding hydrogens is 254 g/mol. The van der Waals surface area contributed by atoms with E-state index in [4.69, 9.17) is 0 Å². The molecule has 0 atom stereocenters. The van der Waals surface area contributed by atoms with Crippen molar-refractivity contribution in [3.8, 4) is 0 Å². The Morgan fingerprint density at radius 1 is 1.15 bits per heavy atom. The molecule has 3 heterocycles. The molecule has 1 fully saturated rings. The molecule has 106 valence electrons. The third-order valence-electron chi connectivity index (χ3n) is 3.61. The van der Waals surface area contributed by atoms with Crippen molar-refractivity contribution in [2.24, 2.45) is 0 Å². The van der Waals surface area contributed by atoms with Crippen LogP contribution < -0.4 is 4.90 Å². The molecule has 7 nitrogen and oxygen atoms in total. The Labute approximate surface area is 118 Å². The van der Waals surface area contributed by atoms with Crippen molar-refractivity contribution in [3.05, 3.63) is 30.1 Å². The molecule has 7 heteroatoms. The lowest BCUT2D eigenvalue weighted by molar-refractivity contribution is 0.311. The second-order valence-electron chi connectivity index (χ2n) is 5.10. The first-order chi connectivity index (χ1) is 9.72. The SMILES string of the molecule is Cc1ncnn1Cc1ccnc(N2CCN(C)CC2)n1. The molecule has 0 saturated carbocycles. The first-order valence-corrected chi connectivity index (χ1v) is 6.82. The molecule has 0 amide bonds. The van der Waals surface area contributed by atoms with Gasteiger partial charge in [0.25, 0.3) is 0 Å². The molecule has 2 aromatic heterocycles. The number of hydrogen-bond donors (Lipinski definition) is 0. The first kappa shape index (κ1) is 13.0. The van der Waals surface area contributed by atoms with Crippen molar-refractivity contribution in [3.63, 3.8) is 0 Å². The molecule has 1 aliphatic rings. The summed E-state index contributed by atoms with van der Waals surface area (Å²) in [5.41, 5.74) is 0.961. The predicted octanol–water partition coefficient (Wildman–Crippen LogP) is 0.177. The van der Waals surface area contributed by atoms with E-state index in [1.165, 1.54) is 0 Å². The third kappa shape index (κ3) is 2.77. The lowest BCUT2D eigenvalue weighted by Crippen LogP contribution is -2.45. The highest BCUT2D eigenvalue weighted by Gasteiger charge is 2.16. The zero-order valence-corrected chi connectivity index (χ0v) is 11.9. The second-order valence-corrected chi connectivity index (χ2v) is 5.10. The van der Waals surface area contributed by atoms with Gasteiger partial charge in [0.15, 0.2) is 0 Å². The number of aryl methyl sites for hydroxylation is 1. The van der Waals surface area contributed by atoms with Crippen LogP contribution in [0.5, 0.6) is 0 Å². The van der Waals surface area contributed by atoms with Gasteiger partial charge in [-0.15, -0.1) is 0 Å². The van der Waals surface area contributed by atoms with Crippen LogP contribution in [0.2, 0.25) is 0 Å². The molecule has 20 heavy (non-hydrogen) atoms. The minimum absolute atomic E-state index is 0.634. The van der Waals surface area contributed by atoms with Gasteiger partial charge in [0.05, 0.1) is 12.2 Å². The van der Waals surface area contributed by atoms with Gasteiger partial charge < -0.3 is 9.80 Å². The summed E-state index contributed by atoms with van der Waals surface area (Å²) in [6.45, 7) is 6.63. The summed E-state index contributed by atoms with van der Waals surface area (Å²) in [4.78, 5) is 17.7. The van der Waals surface area contributed by atoms with E-state index in [-0.39, 0.29) is 0 Å². The zero-order valence-electron chi connectivity index (χ0n) is 11.9. The van der Waals surface area contributed by atoms with E-state index in [1.807, 2.05) is 23.9 Å². The van der Waals surface area contributed by atoms with Gasteiger partial charge in [0.2, 0.25) is 5.95 Å². The third-order valence-corrected chi connectivity index (χ3v) is 3.61. The van der Waals surface area contributed by atoms with Crippen LogP contribution in [0.4, 0.5) is 5.95 Å². The molecular formula is C13H19N7. The second kappa shape index (κ2) is 5.54. The highest BCUT2D eigenvalue weighted by atomic mass is 15.3. The fourth-order valence-electron chi connectivity index (χ4n) is 2.26. The molecule has 2 aromatic rings. The number of aromatic nitrogens is 5. The van der Waals surface area contributed by atoms with E-state index in [1.54, 1.807) is 6.33 Å². The Hall–Kier alpha value is -2.02. The van der Waals surface area contributed by atoms with Crippen LogP contribution in [-0.4, -0.2) is 62.9 Å². The van der Waals surface area contributed by atoms with Crippen LogP contribution >= 0.6 is 0 Å². The van der Waals surface area contributed by atoms with Crippen LogP contribution in [0.15, 0.2) is 18.6 Å². The van der Waals surface area contributed by atoms with Gasteiger partial charge in [-0.25, -0.2) is 19.6 Å². The van der Waals surface area contributed by atoms with Gasteiger partial charge in [-0.05, 0) is 20.0 Å². The maximum atomic E-state index is 4.65. The minimum Gasteiger partial charge on any atom is -0.338 e. The maximum absolute atomic E-state index is 4.65. The van der Waals surface area contributed by atoms with Gasteiger partial charge in [0.1, 0.15) is 12.2 Å². The van der Waals surface area contributed by atoms with Gasteiger partial charge in [-0.1, -0.05) is 0 Å². The Kier molecular flexibility index (Phi) is 3.60. The summed E-state index contributed by atoms with van der Waals surface area (Å²) in [7, 11) is 2.14. The molecule has 0 spiro atoms. The fourth-order valence-corrected chi connectivity index (χ4v) is 2.26. The van der Waals surface area contributed by atoms with E-state index < -0.39 is 0 Å². The van der Waals surface area contributed by atoms with Crippen molar-refractivity contribution in [1.29, 1.82) is 0 Å². The molecule has 1 aliphatic heterocycles. The summed E-state index contributed by atoms with van der Waals surface area (Å²) in [6.07, 6.45) is 3.39. The van der Waals surface area contributed by atoms with Crippen molar-refractivity contribution < 1.29 is 0 Å². The Morgan fingerprint density at radius 2 is 1.95 bits per heavy atom. The average Bonchev–Trinajstić information content (AvgIpc) is 2.85. The summed E-state index contributed by atoms with van der Waals surface area (Å²) >= 11 is 0. The van der Waals surface area contributed by atoms with Gasteiger partial charge >= 0.3 is 0 Å².